The second-order valence-electron chi connectivity index (χ2n) is 6.36. The molecular weight excluding hydrogens is 378 g/mol. The Bertz CT molecular complexity index is 774. The highest BCUT2D eigenvalue weighted by atomic mass is 32.2. The minimum Gasteiger partial charge on any atom is -0.452 e. The van der Waals surface area contributed by atoms with Crippen LogP contribution in [0.5, 0.6) is 0 Å². The summed E-state index contributed by atoms with van der Waals surface area (Å²) in [4.78, 5) is 26.2. The van der Waals surface area contributed by atoms with Crippen molar-refractivity contribution in [2.45, 2.75) is 17.5 Å². The van der Waals surface area contributed by atoms with Gasteiger partial charge in [-0.2, -0.15) is 0 Å². The van der Waals surface area contributed by atoms with Crippen molar-refractivity contribution in [1.82, 2.24) is 4.90 Å². The fraction of sp³-hybridized carbons (Fsp3) is 0.333. The lowest BCUT2D eigenvalue weighted by atomic mass is 10.1. The third-order valence-corrected chi connectivity index (χ3v) is 7.73. The fourth-order valence-electron chi connectivity index (χ4n) is 2.81. The topological polar surface area (TPSA) is 46.6 Å². The maximum atomic E-state index is 12.4. The summed E-state index contributed by atoms with van der Waals surface area (Å²) < 4.78 is 5.67. The minimum absolute atomic E-state index is 0.0851. The molecule has 0 aromatic heterocycles. The minimum atomic E-state index is -0.470. The zero-order valence-corrected chi connectivity index (χ0v) is 17.1. The molecule has 2 aromatic carbocycles. The van der Waals surface area contributed by atoms with Crippen LogP contribution in [0, 0.1) is 0 Å². The summed E-state index contributed by atoms with van der Waals surface area (Å²) >= 11 is 3.85. The lowest BCUT2D eigenvalue weighted by Gasteiger charge is -2.25. The van der Waals surface area contributed by atoms with E-state index in [1.807, 2.05) is 72.9 Å². The van der Waals surface area contributed by atoms with Gasteiger partial charge in [0.05, 0.1) is 16.2 Å². The predicted molar refractivity (Wildman–Crippen MR) is 112 cm³/mol. The number of hydrogen-bond acceptors (Lipinski definition) is 5. The molecule has 1 aliphatic rings. The summed E-state index contributed by atoms with van der Waals surface area (Å²) in [6.45, 7) is 1.69. The van der Waals surface area contributed by atoms with Crippen LogP contribution in [0.3, 0.4) is 0 Å². The Kier molecular flexibility index (Phi) is 6.85. The normalized spacial score (nSPS) is 15.3. The predicted octanol–water partition coefficient (Wildman–Crippen LogP) is 4.54. The van der Waals surface area contributed by atoms with Gasteiger partial charge in [-0.3, -0.25) is 4.79 Å². The molecule has 27 heavy (non-hydrogen) atoms. The van der Waals surface area contributed by atoms with E-state index in [2.05, 4.69) is 0 Å². The van der Waals surface area contributed by atoms with Crippen LogP contribution in [0.25, 0.3) is 0 Å². The molecule has 0 unspecified atom stereocenters. The van der Waals surface area contributed by atoms with Crippen molar-refractivity contribution < 1.29 is 14.3 Å². The van der Waals surface area contributed by atoms with Crippen molar-refractivity contribution >= 4 is 35.4 Å². The maximum absolute atomic E-state index is 12.4. The average Bonchev–Trinajstić information content (AvgIpc) is 3.26. The van der Waals surface area contributed by atoms with Crippen LogP contribution >= 0.6 is 23.5 Å². The van der Waals surface area contributed by atoms with Crippen molar-refractivity contribution in [3.05, 3.63) is 71.3 Å². The number of carbonyl (C=O) groups excluding carboxylic acids is 2. The fourth-order valence-corrected chi connectivity index (χ4v) is 5.67. The molecule has 1 fully saturated rings. The first kappa shape index (κ1) is 19.8. The van der Waals surface area contributed by atoms with Gasteiger partial charge in [-0.05, 0) is 30.2 Å². The summed E-state index contributed by atoms with van der Waals surface area (Å²) in [5.74, 6) is 1.63. The molecule has 1 atom stereocenters. The molecule has 3 rings (SSSR count). The van der Waals surface area contributed by atoms with Crippen LogP contribution < -0.4 is 0 Å². The number of ether oxygens (including phenoxy) is 1. The lowest BCUT2D eigenvalue weighted by Crippen LogP contribution is -2.33. The second-order valence-corrected chi connectivity index (χ2v) is 9.09. The largest absolute Gasteiger partial charge is 0.452 e. The van der Waals surface area contributed by atoms with E-state index in [9.17, 15) is 9.59 Å². The van der Waals surface area contributed by atoms with Crippen molar-refractivity contribution in [3.63, 3.8) is 0 Å². The average molecular weight is 402 g/mol. The van der Waals surface area contributed by atoms with Crippen LogP contribution in [0.15, 0.2) is 54.6 Å². The number of nitrogens with zero attached hydrogens (tertiary/aromatic N) is 1. The molecule has 1 aliphatic heterocycles. The molecule has 4 nitrogen and oxygen atoms in total. The number of carbonyl (C=O) groups is 2. The number of thioether (sulfide) groups is 2. The Morgan fingerprint density at radius 3 is 2.33 bits per heavy atom. The van der Waals surface area contributed by atoms with E-state index < -0.39 is 5.97 Å². The van der Waals surface area contributed by atoms with Gasteiger partial charge in [0.25, 0.3) is 5.91 Å². The smallest absolute Gasteiger partial charge is 0.338 e. The number of amides is 1. The summed E-state index contributed by atoms with van der Waals surface area (Å²) in [6.07, 6.45) is 0. The molecule has 0 spiro atoms. The first-order chi connectivity index (χ1) is 13.1. The van der Waals surface area contributed by atoms with Crippen LogP contribution in [-0.4, -0.2) is 41.9 Å². The van der Waals surface area contributed by atoms with E-state index >= 15 is 0 Å². The van der Waals surface area contributed by atoms with Gasteiger partial charge in [-0.25, -0.2) is 4.79 Å². The molecule has 0 bridgehead atoms. The number of hydrogen-bond donors (Lipinski definition) is 0. The summed E-state index contributed by atoms with van der Waals surface area (Å²) in [5, 5.41) is 0. The monoisotopic (exact) mass is 401 g/mol. The quantitative estimate of drug-likeness (QED) is 0.665. The van der Waals surface area contributed by atoms with Crippen LogP contribution in [0.1, 0.15) is 39.0 Å². The Morgan fingerprint density at radius 1 is 1.07 bits per heavy atom. The molecule has 0 saturated carbocycles. The van der Waals surface area contributed by atoms with Crippen molar-refractivity contribution in [3.8, 4) is 0 Å². The number of esters is 1. The Morgan fingerprint density at radius 2 is 1.70 bits per heavy atom. The first-order valence-electron chi connectivity index (χ1n) is 8.87. The SMILES string of the molecule is C[C@@H](c1ccccc1)N(C)C(=O)COC(=O)c1ccc(C2SCCS2)cc1. The number of benzene rings is 2. The molecule has 1 saturated heterocycles. The Labute approximate surface area is 168 Å². The highest BCUT2D eigenvalue weighted by Gasteiger charge is 2.20. The summed E-state index contributed by atoms with van der Waals surface area (Å²) in [5.41, 5.74) is 2.72. The Hall–Kier alpha value is -1.92. The van der Waals surface area contributed by atoms with Gasteiger partial charge < -0.3 is 9.64 Å². The van der Waals surface area contributed by atoms with Gasteiger partial charge in [0.15, 0.2) is 6.61 Å². The molecule has 0 aliphatic carbocycles. The van der Waals surface area contributed by atoms with Gasteiger partial charge in [-0.1, -0.05) is 42.5 Å². The zero-order valence-electron chi connectivity index (χ0n) is 15.5. The van der Waals surface area contributed by atoms with E-state index in [0.29, 0.717) is 10.1 Å². The van der Waals surface area contributed by atoms with Crippen molar-refractivity contribution in [1.29, 1.82) is 0 Å². The highest BCUT2D eigenvalue weighted by molar-refractivity contribution is 8.19. The van der Waals surface area contributed by atoms with E-state index in [0.717, 1.165) is 17.1 Å². The van der Waals surface area contributed by atoms with E-state index in [1.165, 1.54) is 5.56 Å². The molecular formula is C21H23NO3S2. The lowest BCUT2D eigenvalue weighted by molar-refractivity contribution is -0.135. The van der Waals surface area contributed by atoms with E-state index in [-0.39, 0.29) is 18.6 Å². The van der Waals surface area contributed by atoms with Crippen molar-refractivity contribution in [2.24, 2.45) is 0 Å². The molecule has 2 aromatic rings. The van der Waals surface area contributed by atoms with Gasteiger partial charge in [-0.15, -0.1) is 23.5 Å². The Balaban J connectivity index is 1.52. The third-order valence-electron chi connectivity index (χ3n) is 4.62. The standard InChI is InChI=1S/C21H23NO3S2/c1-15(16-6-4-3-5-7-16)22(2)19(23)14-25-20(24)17-8-10-18(11-9-17)21-26-12-13-27-21/h3-11,15,21H,12-14H2,1-2H3/t15-/m0/s1. The van der Waals surface area contributed by atoms with E-state index in [1.54, 1.807) is 24.1 Å². The van der Waals surface area contributed by atoms with Gasteiger partial charge in [0, 0.05) is 18.6 Å². The molecule has 0 N–H and O–H groups in total. The molecule has 1 amide bonds. The number of likely N-dealkylation sites (N-methyl/N-ethyl adjacent to an activating group) is 1. The summed E-state index contributed by atoms with van der Waals surface area (Å²) in [7, 11) is 1.72. The van der Waals surface area contributed by atoms with Crippen LogP contribution in [-0.2, 0) is 9.53 Å². The molecule has 0 radical (unpaired) electrons. The highest BCUT2D eigenvalue weighted by Crippen LogP contribution is 2.45. The molecule has 1 heterocycles. The zero-order chi connectivity index (χ0) is 19.2. The van der Waals surface area contributed by atoms with Crippen molar-refractivity contribution in [2.75, 3.05) is 25.2 Å². The summed E-state index contributed by atoms with van der Waals surface area (Å²) in [6, 6.07) is 17.2. The third kappa shape index (κ3) is 5.08. The van der Waals surface area contributed by atoms with E-state index in [4.69, 9.17) is 4.74 Å². The number of rotatable bonds is 6. The second kappa shape index (κ2) is 9.33. The van der Waals surface area contributed by atoms with Crippen LogP contribution in [0.4, 0.5) is 0 Å². The molecule has 6 heteroatoms. The van der Waals surface area contributed by atoms with Gasteiger partial charge >= 0.3 is 5.97 Å². The van der Waals surface area contributed by atoms with Gasteiger partial charge in [0.1, 0.15) is 0 Å². The maximum Gasteiger partial charge on any atom is 0.338 e. The molecule has 142 valence electrons. The first-order valence-corrected chi connectivity index (χ1v) is 11.0. The van der Waals surface area contributed by atoms with Crippen LogP contribution in [0.2, 0.25) is 0 Å². The van der Waals surface area contributed by atoms with Gasteiger partial charge in [0.2, 0.25) is 0 Å².